The number of benzene rings is 3. The molecule has 2 aliphatic rings. The molecule has 6 heteroatoms. The van der Waals surface area contributed by atoms with Gasteiger partial charge in [-0.25, -0.2) is 4.98 Å². The lowest BCUT2D eigenvalue weighted by atomic mass is 9.68. The minimum absolute atomic E-state index is 0.600. The van der Waals surface area contributed by atoms with Crippen LogP contribution in [-0.4, -0.2) is 31.4 Å². The van der Waals surface area contributed by atoms with E-state index in [0.717, 1.165) is 56.9 Å². The average molecular weight is 556 g/mol. The number of thiazole rings is 1. The van der Waals surface area contributed by atoms with Crippen molar-refractivity contribution in [2.24, 2.45) is 10.4 Å². The summed E-state index contributed by atoms with van der Waals surface area (Å²) in [4.78, 5) is 12.0. The fourth-order valence-electron chi connectivity index (χ4n) is 6.06. The van der Waals surface area contributed by atoms with Gasteiger partial charge in [0.25, 0.3) is 0 Å². The summed E-state index contributed by atoms with van der Waals surface area (Å²) in [6, 6.07) is 22.5. The van der Waals surface area contributed by atoms with Crippen LogP contribution in [0, 0.1) is 5.41 Å². The highest BCUT2D eigenvalue weighted by atomic mass is 35.5. The van der Waals surface area contributed by atoms with Crippen LogP contribution in [-0.2, 0) is 0 Å². The van der Waals surface area contributed by atoms with Crippen molar-refractivity contribution in [2.75, 3.05) is 25.1 Å². The lowest BCUT2D eigenvalue weighted by Gasteiger charge is -2.45. The molecule has 0 radical (unpaired) electrons. The molecule has 2 fully saturated rings. The number of ether oxygens (including phenoxy) is 1. The van der Waals surface area contributed by atoms with Gasteiger partial charge in [-0.15, -0.1) is 11.3 Å². The predicted molar refractivity (Wildman–Crippen MR) is 165 cm³/mol. The predicted octanol–water partition coefficient (Wildman–Crippen LogP) is 9.44. The van der Waals surface area contributed by atoms with Crippen LogP contribution in [0.4, 0.5) is 11.4 Å². The Labute approximate surface area is 240 Å². The van der Waals surface area contributed by atoms with Crippen LogP contribution in [0.2, 0.25) is 5.02 Å². The van der Waals surface area contributed by atoms with Crippen LogP contribution in [0.1, 0.15) is 50.5 Å². The quantitative estimate of drug-likeness (QED) is 0.222. The molecule has 200 valence electrons. The van der Waals surface area contributed by atoms with Gasteiger partial charge in [-0.2, -0.15) is 0 Å². The normalized spacial score (nSPS) is 17.1. The Morgan fingerprint density at radius 2 is 1.62 bits per heavy atom. The van der Waals surface area contributed by atoms with Gasteiger partial charge in [0.2, 0.25) is 0 Å². The minimum atomic E-state index is 0.600. The van der Waals surface area contributed by atoms with Crippen molar-refractivity contribution in [2.45, 2.75) is 44.9 Å². The molecule has 2 heterocycles. The van der Waals surface area contributed by atoms with Crippen molar-refractivity contribution in [1.29, 1.82) is 0 Å². The van der Waals surface area contributed by atoms with E-state index < -0.39 is 0 Å². The Kier molecular flexibility index (Phi) is 7.71. The number of nitrogens with zero attached hydrogens (tertiary/aromatic N) is 3. The molecular weight excluding hydrogens is 522 g/mol. The summed E-state index contributed by atoms with van der Waals surface area (Å²) >= 11 is 7.66. The first-order valence-corrected chi connectivity index (χ1v) is 15.2. The standard InChI is InChI=1S/C33H34ClN3OS/c1-38-31-21-24(5-14-30(31)37-19-17-33(18-20-37)15-3-2-4-16-33)22-35-28-12-8-25(9-13-28)29-23-39-32(36-29)26-6-10-27(34)11-7-26/h5-14,21-23H,2-4,15-20H2,1H3. The second-order valence-corrected chi connectivity index (χ2v) is 12.1. The van der Waals surface area contributed by atoms with E-state index in [4.69, 9.17) is 26.3 Å². The molecule has 0 atom stereocenters. The topological polar surface area (TPSA) is 37.7 Å². The molecular formula is C33H34ClN3OS. The van der Waals surface area contributed by atoms with Gasteiger partial charge >= 0.3 is 0 Å². The third kappa shape index (κ3) is 5.90. The van der Waals surface area contributed by atoms with Gasteiger partial charge in [-0.05, 0) is 73.1 Å². The number of anilines is 1. The van der Waals surface area contributed by atoms with Gasteiger partial charge in [0.15, 0.2) is 0 Å². The summed E-state index contributed by atoms with van der Waals surface area (Å²) in [5.74, 6) is 0.925. The Balaban J connectivity index is 1.11. The van der Waals surface area contributed by atoms with Gasteiger partial charge in [0.05, 0.1) is 24.2 Å². The van der Waals surface area contributed by atoms with Crippen molar-refractivity contribution < 1.29 is 4.74 Å². The summed E-state index contributed by atoms with van der Waals surface area (Å²) < 4.78 is 5.82. The van der Waals surface area contributed by atoms with Crippen molar-refractivity contribution in [3.63, 3.8) is 0 Å². The molecule has 0 bridgehead atoms. The van der Waals surface area contributed by atoms with Crippen LogP contribution in [0.3, 0.4) is 0 Å². The highest BCUT2D eigenvalue weighted by Crippen LogP contribution is 2.46. The van der Waals surface area contributed by atoms with Crippen molar-refractivity contribution >= 4 is 40.5 Å². The number of hydrogen-bond donors (Lipinski definition) is 0. The molecule has 1 aromatic heterocycles. The summed E-state index contributed by atoms with van der Waals surface area (Å²) in [5.41, 5.74) is 6.86. The molecule has 6 rings (SSSR count). The first kappa shape index (κ1) is 26.1. The van der Waals surface area contributed by atoms with Gasteiger partial charge in [0, 0.05) is 40.8 Å². The summed E-state index contributed by atoms with van der Waals surface area (Å²) in [6.45, 7) is 2.24. The van der Waals surface area contributed by atoms with Crippen molar-refractivity contribution in [3.05, 3.63) is 82.7 Å². The van der Waals surface area contributed by atoms with E-state index in [0.29, 0.717) is 5.41 Å². The molecule has 1 aliphatic heterocycles. The van der Waals surface area contributed by atoms with Crippen molar-refractivity contribution in [3.8, 4) is 27.6 Å². The molecule has 39 heavy (non-hydrogen) atoms. The van der Waals surface area contributed by atoms with Gasteiger partial charge in [-0.3, -0.25) is 4.99 Å². The van der Waals surface area contributed by atoms with Crippen LogP contribution in [0.15, 0.2) is 77.1 Å². The zero-order chi connectivity index (χ0) is 26.7. The maximum absolute atomic E-state index is 6.02. The second-order valence-electron chi connectivity index (χ2n) is 10.8. The Morgan fingerprint density at radius 1 is 0.897 bits per heavy atom. The van der Waals surface area contributed by atoms with Crippen LogP contribution < -0.4 is 9.64 Å². The van der Waals surface area contributed by atoms with E-state index in [-0.39, 0.29) is 0 Å². The van der Waals surface area contributed by atoms with Crippen LogP contribution in [0.25, 0.3) is 21.8 Å². The van der Waals surface area contributed by atoms with E-state index in [1.54, 1.807) is 18.4 Å². The summed E-state index contributed by atoms with van der Waals surface area (Å²) in [6.07, 6.45) is 11.6. The zero-order valence-electron chi connectivity index (χ0n) is 22.4. The first-order valence-electron chi connectivity index (χ1n) is 13.9. The fraction of sp³-hybridized carbons (Fsp3) is 0.333. The second kappa shape index (κ2) is 11.5. The molecule has 4 aromatic rings. The smallest absolute Gasteiger partial charge is 0.142 e. The number of rotatable bonds is 6. The number of aliphatic imine (C=N–C) groups is 1. The van der Waals surface area contributed by atoms with Gasteiger partial charge in [-0.1, -0.05) is 61.2 Å². The first-order chi connectivity index (χ1) is 19.1. The third-order valence-electron chi connectivity index (χ3n) is 8.40. The Bertz CT molecular complexity index is 1430. The minimum Gasteiger partial charge on any atom is -0.495 e. The molecule has 0 N–H and O–H groups in total. The maximum Gasteiger partial charge on any atom is 0.142 e. The number of piperidine rings is 1. The molecule has 1 saturated heterocycles. The molecule has 1 spiro atoms. The zero-order valence-corrected chi connectivity index (χ0v) is 24.0. The molecule has 4 nitrogen and oxygen atoms in total. The molecule has 1 aliphatic carbocycles. The lowest BCUT2D eigenvalue weighted by Crippen LogP contribution is -2.41. The van der Waals surface area contributed by atoms with Gasteiger partial charge in [0.1, 0.15) is 10.8 Å². The largest absolute Gasteiger partial charge is 0.495 e. The Morgan fingerprint density at radius 3 is 2.33 bits per heavy atom. The highest BCUT2D eigenvalue weighted by molar-refractivity contribution is 7.13. The molecule has 0 amide bonds. The number of methoxy groups -OCH3 is 1. The molecule has 0 unspecified atom stereocenters. The Hall–Kier alpha value is -3.15. The van der Waals surface area contributed by atoms with E-state index in [9.17, 15) is 0 Å². The molecule has 3 aromatic carbocycles. The molecule has 1 saturated carbocycles. The monoisotopic (exact) mass is 555 g/mol. The summed E-state index contributed by atoms with van der Waals surface area (Å²) in [7, 11) is 1.77. The van der Waals surface area contributed by atoms with E-state index in [2.05, 4.69) is 40.6 Å². The van der Waals surface area contributed by atoms with Crippen LogP contribution >= 0.6 is 22.9 Å². The number of hydrogen-bond acceptors (Lipinski definition) is 5. The van der Waals surface area contributed by atoms with E-state index in [1.165, 1.54) is 50.6 Å². The van der Waals surface area contributed by atoms with E-state index in [1.807, 2.05) is 42.6 Å². The van der Waals surface area contributed by atoms with Crippen molar-refractivity contribution in [1.82, 2.24) is 4.98 Å². The average Bonchev–Trinajstić information content (AvgIpc) is 3.48. The fourth-order valence-corrected chi connectivity index (χ4v) is 7.02. The number of aromatic nitrogens is 1. The summed E-state index contributed by atoms with van der Waals surface area (Å²) in [5, 5.41) is 3.81. The SMILES string of the molecule is COc1cc(C=Nc2ccc(-c3csc(-c4ccc(Cl)cc4)n3)cc2)ccc1N1CCC2(CCCCC2)CC1. The highest BCUT2D eigenvalue weighted by Gasteiger charge is 2.36. The maximum atomic E-state index is 6.02. The third-order valence-corrected chi connectivity index (χ3v) is 9.55. The van der Waals surface area contributed by atoms with E-state index >= 15 is 0 Å². The van der Waals surface area contributed by atoms with Crippen LogP contribution in [0.5, 0.6) is 5.75 Å². The van der Waals surface area contributed by atoms with Gasteiger partial charge < -0.3 is 9.64 Å². The number of halogens is 1. The lowest BCUT2D eigenvalue weighted by molar-refractivity contribution is 0.144.